The first kappa shape index (κ1) is 8.27. The van der Waals surface area contributed by atoms with Crippen molar-refractivity contribution in [1.82, 2.24) is 4.90 Å². The SMILES string of the molecule is C[CH]OC(=O)N(C)CC. The van der Waals surface area contributed by atoms with Crippen LogP contribution in [-0.4, -0.2) is 24.6 Å². The predicted molar refractivity (Wildman–Crippen MR) is 34.8 cm³/mol. The Balaban J connectivity index is 3.46. The molecule has 0 fully saturated rings. The number of nitrogens with zero attached hydrogens (tertiary/aromatic N) is 1. The summed E-state index contributed by atoms with van der Waals surface area (Å²) in [5.41, 5.74) is 0. The molecule has 0 saturated carbocycles. The van der Waals surface area contributed by atoms with Crippen LogP contribution in [0.5, 0.6) is 0 Å². The smallest absolute Gasteiger partial charge is 0.409 e. The Bertz CT molecular complexity index is 93.1. The van der Waals surface area contributed by atoms with Crippen molar-refractivity contribution in [2.45, 2.75) is 13.8 Å². The third-order valence-electron chi connectivity index (χ3n) is 1.00. The standard InChI is InChI=1S/C6H12NO2/c1-4-7(3)6(8)9-5-2/h5H,4H2,1-3H3. The van der Waals surface area contributed by atoms with Gasteiger partial charge < -0.3 is 9.64 Å². The van der Waals surface area contributed by atoms with Crippen molar-refractivity contribution in [3.8, 4) is 0 Å². The molecule has 0 spiro atoms. The molecule has 9 heavy (non-hydrogen) atoms. The van der Waals surface area contributed by atoms with Crippen molar-refractivity contribution < 1.29 is 9.53 Å². The normalized spacial score (nSPS) is 8.78. The minimum atomic E-state index is -0.306. The lowest BCUT2D eigenvalue weighted by Crippen LogP contribution is -2.25. The molecule has 3 nitrogen and oxygen atoms in total. The highest BCUT2D eigenvalue weighted by atomic mass is 16.5. The Morgan fingerprint density at radius 3 is 2.67 bits per heavy atom. The zero-order valence-electron chi connectivity index (χ0n) is 6.05. The molecule has 0 saturated heterocycles. The van der Waals surface area contributed by atoms with Gasteiger partial charge in [-0.2, -0.15) is 0 Å². The molecule has 0 bridgehead atoms. The van der Waals surface area contributed by atoms with E-state index in [1.807, 2.05) is 6.92 Å². The summed E-state index contributed by atoms with van der Waals surface area (Å²) in [5, 5.41) is 0. The largest absolute Gasteiger partial charge is 0.442 e. The van der Waals surface area contributed by atoms with Crippen LogP contribution in [0.1, 0.15) is 13.8 Å². The van der Waals surface area contributed by atoms with Crippen molar-refractivity contribution in [3.63, 3.8) is 0 Å². The summed E-state index contributed by atoms with van der Waals surface area (Å²) in [5.74, 6) is 0. The molecule has 3 heteroatoms. The number of hydrogen-bond donors (Lipinski definition) is 0. The Hall–Kier alpha value is -0.730. The first-order valence-electron chi connectivity index (χ1n) is 2.92. The first-order chi connectivity index (χ1) is 4.22. The minimum absolute atomic E-state index is 0.306. The van der Waals surface area contributed by atoms with Gasteiger partial charge in [0.25, 0.3) is 0 Å². The molecule has 0 aliphatic heterocycles. The molecule has 0 aromatic heterocycles. The van der Waals surface area contributed by atoms with Crippen LogP contribution < -0.4 is 0 Å². The van der Waals surface area contributed by atoms with E-state index in [0.717, 1.165) is 0 Å². The summed E-state index contributed by atoms with van der Waals surface area (Å²) in [6.07, 6.45) is -0.306. The molecular weight excluding hydrogens is 118 g/mol. The summed E-state index contributed by atoms with van der Waals surface area (Å²) in [6.45, 7) is 5.60. The molecule has 0 N–H and O–H groups in total. The zero-order valence-corrected chi connectivity index (χ0v) is 6.05. The maximum absolute atomic E-state index is 10.6. The average molecular weight is 130 g/mol. The molecule has 0 aromatic rings. The van der Waals surface area contributed by atoms with Gasteiger partial charge in [-0.1, -0.05) is 0 Å². The molecule has 0 heterocycles. The summed E-state index contributed by atoms with van der Waals surface area (Å²) >= 11 is 0. The Labute approximate surface area is 55.6 Å². The highest BCUT2D eigenvalue weighted by Crippen LogP contribution is 1.89. The van der Waals surface area contributed by atoms with Crippen LogP contribution in [0.4, 0.5) is 4.79 Å². The van der Waals surface area contributed by atoms with Gasteiger partial charge in [0.2, 0.25) is 0 Å². The monoisotopic (exact) mass is 130 g/mol. The summed E-state index contributed by atoms with van der Waals surface area (Å²) in [6, 6.07) is 0. The number of rotatable bonds is 2. The number of amides is 1. The average Bonchev–Trinajstić information content (AvgIpc) is 1.87. The van der Waals surface area contributed by atoms with E-state index in [9.17, 15) is 4.79 Å². The van der Waals surface area contributed by atoms with E-state index in [1.165, 1.54) is 11.5 Å². The van der Waals surface area contributed by atoms with Gasteiger partial charge in [-0.05, 0) is 13.8 Å². The molecule has 0 atom stereocenters. The fraction of sp³-hybridized carbons (Fsp3) is 0.667. The van der Waals surface area contributed by atoms with E-state index < -0.39 is 0 Å². The second-order valence-corrected chi connectivity index (χ2v) is 1.63. The second-order valence-electron chi connectivity index (χ2n) is 1.63. The lowest BCUT2D eigenvalue weighted by atomic mass is 10.7. The van der Waals surface area contributed by atoms with Crippen molar-refractivity contribution in [3.05, 3.63) is 6.61 Å². The molecule has 53 valence electrons. The van der Waals surface area contributed by atoms with Crippen molar-refractivity contribution in [1.29, 1.82) is 0 Å². The van der Waals surface area contributed by atoms with E-state index in [0.29, 0.717) is 6.54 Å². The second kappa shape index (κ2) is 4.18. The number of hydrogen-bond acceptors (Lipinski definition) is 2. The van der Waals surface area contributed by atoms with Crippen LogP contribution in [0.15, 0.2) is 0 Å². The van der Waals surface area contributed by atoms with Gasteiger partial charge in [0.15, 0.2) is 0 Å². The van der Waals surface area contributed by atoms with Crippen molar-refractivity contribution in [2.75, 3.05) is 13.6 Å². The van der Waals surface area contributed by atoms with E-state index in [4.69, 9.17) is 0 Å². The maximum atomic E-state index is 10.6. The van der Waals surface area contributed by atoms with Gasteiger partial charge in [-0.25, -0.2) is 4.79 Å². The number of carbonyl (C=O) groups is 1. The fourth-order valence-electron chi connectivity index (χ4n) is 0.320. The van der Waals surface area contributed by atoms with Gasteiger partial charge in [0, 0.05) is 13.6 Å². The van der Waals surface area contributed by atoms with Crippen molar-refractivity contribution >= 4 is 6.09 Å². The molecule has 1 amide bonds. The molecule has 0 aliphatic rings. The van der Waals surface area contributed by atoms with E-state index in [1.54, 1.807) is 14.0 Å². The van der Waals surface area contributed by atoms with Crippen LogP contribution in [0.2, 0.25) is 0 Å². The molecule has 0 rings (SSSR count). The maximum Gasteiger partial charge on any atom is 0.409 e. The van der Waals surface area contributed by atoms with Crippen LogP contribution in [0.25, 0.3) is 0 Å². The molecule has 0 unspecified atom stereocenters. The lowest BCUT2D eigenvalue weighted by molar-refractivity contribution is 0.137. The molecular formula is C6H12NO2. The summed E-state index contributed by atoms with van der Waals surface area (Å²) in [4.78, 5) is 12.1. The first-order valence-corrected chi connectivity index (χ1v) is 2.92. The van der Waals surface area contributed by atoms with Gasteiger partial charge in [-0.15, -0.1) is 0 Å². The summed E-state index contributed by atoms with van der Waals surface area (Å²) in [7, 11) is 1.69. The molecule has 0 aliphatic carbocycles. The quantitative estimate of drug-likeness (QED) is 0.563. The number of ether oxygens (including phenoxy) is 1. The Kier molecular flexibility index (Phi) is 3.84. The van der Waals surface area contributed by atoms with Crippen LogP contribution >= 0.6 is 0 Å². The zero-order chi connectivity index (χ0) is 7.28. The van der Waals surface area contributed by atoms with Gasteiger partial charge in [0.1, 0.15) is 6.61 Å². The van der Waals surface area contributed by atoms with E-state index in [2.05, 4.69) is 4.74 Å². The van der Waals surface area contributed by atoms with Gasteiger partial charge >= 0.3 is 6.09 Å². The molecule has 1 radical (unpaired) electrons. The third kappa shape index (κ3) is 2.95. The van der Waals surface area contributed by atoms with Crippen LogP contribution in [0.3, 0.4) is 0 Å². The van der Waals surface area contributed by atoms with E-state index >= 15 is 0 Å². The van der Waals surface area contributed by atoms with Gasteiger partial charge in [-0.3, -0.25) is 0 Å². The lowest BCUT2D eigenvalue weighted by Gasteiger charge is -2.12. The van der Waals surface area contributed by atoms with Crippen LogP contribution in [-0.2, 0) is 4.74 Å². The topological polar surface area (TPSA) is 29.5 Å². The summed E-state index contributed by atoms with van der Waals surface area (Å²) < 4.78 is 4.56. The van der Waals surface area contributed by atoms with Gasteiger partial charge in [0.05, 0.1) is 0 Å². The minimum Gasteiger partial charge on any atom is -0.442 e. The van der Waals surface area contributed by atoms with Crippen molar-refractivity contribution in [2.24, 2.45) is 0 Å². The number of carbonyl (C=O) groups excluding carboxylic acids is 1. The van der Waals surface area contributed by atoms with E-state index in [-0.39, 0.29) is 6.09 Å². The Morgan fingerprint density at radius 2 is 2.33 bits per heavy atom. The Morgan fingerprint density at radius 1 is 1.78 bits per heavy atom. The highest BCUT2D eigenvalue weighted by molar-refractivity contribution is 5.67. The molecule has 0 aromatic carbocycles. The third-order valence-corrected chi connectivity index (χ3v) is 1.00. The van der Waals surface area contributed by atoms with Crippen LogP contribution in [0, 0.1) is 6.61 Å². The predicted octanol–water partition coefficient (Wildman–Crippen LogP) is 1.26. The fourth-order valence-corrected chi connectivity index (χ4v) is 0.320. The highest BCUT2D eigenvalue weighted by Gasteiger charge is 2.04.